The largest absolute Gasteiger partial charge is 0.344 e. The lowest BCUT2D eigenvalue weighted by molar-refractivity contribution is -0.116. The van der Waals surface area contributed by atoms with Crippen LogP contribution >= 0.6 is 11.5 Å². The fourth-order valence-electron chi connectivity index (χ4n) is 2.79. The zero-order valence-corrected chi connectivity index (χ0v) is 17.0. The minimum atomic E-state index is -0.462. The van der Waals surface area contributed by atoms with E-state index >= 15 is 0 Å². The number of rotatable bonds is 8. The Bertz CT molecular complexity index is 959. The van der Waals surface area contributed by atoms with Gasteiger partial charge in [-0.1, -0.05) is 24.3 Å². The van der Waals surface area contributed by atoms with Crippen LogP contribution in [0.2, 0.25) is 0 Å². The molecule has 0 aliphatic carbocycles. The maximum atomic E-state index is 13.7. The molecule has 2 aromatic carbocycles. The summed E-state index contributed by atoms with van der Waals surface area (Å²) in [6.45, 7) is 4.45. The molecule has 8 heteroatoms. The van der Waals surface area contributed by atoms with Crippen molar-refractivity contribution in [2.75, 3.05) is 16.8 Å². The first-order chi connectivity index (χ1) is 13.9. The molecule has 0 saturated carbocycles. The lowest BCUT2D eigenvalue weighted by Crippen LogP contribution is -2.33. The Morgan fingerprint density at radius 2 is 1.86 bits per heavy atom. The Hall–Kier alpha value is -2.87. The van der Waals surface area contributed by atoms with Crippen molar-refractivity contribution in [3.63, 3.8) is 0 Å². The highest BCUT2D eigenvalue weighted by Crippen LogP contribution is 2.22. The third-order valence-electron chi connectivity index (χ3n) is 4.33. The molecule has 0 bridgehead atoms. The maximum absolute atomic E-state index is 13.7. The van der Waals surface area contributed by atoms with E-state index in [0.717, 1.165) is 10.7 Å². The lowest BCUT2D eigenvalue weighted by Gasteiger charge is -2.25. The number of halogens is 2. The van der Waals surface area contributed by atoms with Gasteiger partial charge in [0.1, 0.15) is 17.5 Å². The molecule has 3 rings (SSSR count). The van der Waals surface area contributed by atoms with E-state index in [2.05, 4.69) is 14.7 Å². The van der Waals surface area contributed by atoms with Crippen molar-refractivity contribution >= 4 is 28.3 Å². The Kier molecular flexibility index (Phi) is 6.87. The van der Waals surface area contributed by atoms with Crippen LogP contribution in [-0.4, -0.2) is 27.9 Å². The smallest absolute Gasteiger partial charge is 0.226 e. The van der Waals surface area contributed by atoms with Crippen molar-refractivity contribution in [1.29, 1.82) is 0 Å². The Labute approximate surface area is 172 Å². The second kappa shape index (κ2) is 9.56. The summed E-state index contributed by atoms with van der Waals surface area (Å²) in [6.07, 6.45) is 0.704. The molecule has 29 heavy (non-hydrogen) atoms. The number of aromatic nitrogens is 2. The molecule has 0 atom stereocenters. The Morgan fingerprint density at radius 3 is 2.55 bits per heavy atom. The van der Waals surface area contributed by atoms with E-state index in [-0.39, 0.29) is 29.9 Å². The van der Waals surface area contributed by atoms with E-state index in [1.165, 1.54) is 35.8 Å². The van der Waals surface area contributed by atoms with Gasteiger partial charge in [-0.05, 0) is 43.7 Å². The summed E-state index contributed by atoms with van der Waals surface area (Å²) in [5, 5.41) is 3.31. The first-order valence-corrected chi connectivity index (χ1v) is 10.1. The van der Waals surface area contributed by atoms with Gasteiger partial charge in [0.05, 0.1) is 5.69 Å². The summed E-state index contributed by atoms with van der Waals surface area (Å²) >= 11 is 1.27. The van der Waals surface area contributed by atoms with Crippen LogP contribution in [0.25, 0.3) is 0 Å². The van der Waals surface area contributed by atoms with E-state index in [9.17, 15) is 13.6 Å². The number of carbonyl (C=O) groups is 1. The summed E-state index contributed by atoms with van der Waals surface area (Å²) in [5.74, 6) is -0.355. The minimum absolute atomic E-state index is 0.114. The van der Waals surface area contributed by atoms with E-state index in [4.69, 9.17) is 0 Å². The third kappa shape index (κ3) is 5.80. The molecular formula is C21H22F2N4OS. The molecule has 5 nitrogen and oxygen atoms in total. The fourth-order valence-corrected chi connectivity index (χ4v) is 3.64. The zero-order valence-electron chi connectivity index (χ0n) is 16.2. The third-order valence-corrected chi connectivity index (χ3v) is 5.12. The van der Waals surface area contributed by atoms with E-state index < -0.39 is 5.82 Å². The van der Waals surface area contributed by atoms with Crippen molar-refractivity contribution < 1.29 is 13.6 Å². The van der Waals surface area contributed by atoms with Crippen LogP contribution in [0.5, 0.6) is 0 Å². The second-order valence-electron chi connectivity index (χ2n) is 6.86. The van der Waals surface area contributed by atoms with Crippen molar-refractivity contribution in [1.82, 2.24) is 9.36 Å². The predicted octanol–water partition coefficient (Wildman–Crippen LogP) is 4.65. The van der Waals surface area contributed by atoms with Gasteiger partial charge in [0.15, 0.2) is 0 Å². The van der Waals surface area contributed by atoms with Gasteiger partial charge in [-0.15, -0.1) is 0 Å². The van der Waals surface area contributed by atoms with Crippen LogP contribution in [0, 0.1) is 11.6 Å². The molecule has 0 aliphatic heterocycles. The van der Waals surface area contributed by atoms with Crippen molar-refractivity contribution in [2.45, 2.75) is 32.7 Å². The van der Waals surface area contributed by atoms with Gasteiger partial charge in [0.25, 0.3) is 0 Å². The average Bonchev–Trinajstić information content (AvgIpc) is 3.13. The lowest BCUT2D eigenvalue weighted by atomic mass is 10.1. The minimum Gasteiger partial charge on any atom is -0.344 e. The van der Waals surface area contributed by atoms with Crippen LogP contribution in [0.4, 0.5) is 19.6 Å². The molecule has 0 radical (unpaired) electrons. The number of carbonyl (C=O) groups excluding carboxylic acids is 1. The Balaban J connectivity index is 1.61. The number of benzene rings is 2. The highest BCUT2D eigenvalue weighted by molar-refractivity contribution is 7.09. The van der Waals surface area contributed by atoms with Gasteiger partial charge in [-0.2, -0.15) is 4.37 Å². The predicted molar refractivity (Wildman–Crippen MR) is 111 cm³/mol. The van der Waals surface area contributed by atoms with Gasteiger partial charge >= 0.3 is 0 Å². The average molecular weight is 416 g/mol. The van der Waals surface area contributed by atoms with E-state index in [1.807, 2.05) is 18.7 Å². The highest BCUT2D eigenvalue weighted by Gasteiger charge is 2.18. The molecule has 0 fully saturated rings. The molecule has 3 aromatic rings. The molecular weight excluding hydrogens is 394 g/mol. The topological polar surface area (TPSA) is 58.1 Å². The van der Waals surface area contributed by atoms with Crippen LogP contribution < -0.4 is 10.2 Å². The first kappa shape index (κ1) is 20.9. The van der Waals surface area contributed by atoms with Crippen LogP contribution in [0.15, 0.2) is 48.5 Å². The number of hydrogen-bond acceptors (Lipinski definition) is 5. The summed E-state index contributed by atoms with van der Waals surface area (Å²) in [5.41, 5.74) is 1.10. The molecule has 0 aliphatic rings. The molecule has 1 amide bonds. The Morgan fingerprint density at radius 1 is 1.14 bits per heavy atom. The van der Waals surface area contributed by atoms with Crippen LogP contribution in [0.1, 0.15) is 31.7 Å². The zero-order chi connectivity index (χ0) is 20.8. The van der Waals surface area contributed by atoms with Gasteiger partial charge in [0.2, 0.25) is 11.0 Å². The molecule has 0 spiro atoms. The number of para-hydroxylation sites is 1. The molecule has 1 N–H and O–H groups in total. The van der Waals surface area contributed by atoms with Crippen molar-refractivity contribution in [3.8, 4) is 0 Å². The summed E-state index contributed by atoms with van der Waals surface area (Å²) in [7, 11) is 0. The summed E-state index contributed by atoms with van der Waals surface area (Å²) < 4.78 is 31.1. The van der Waals surface area contributed by atoms with Gasteiger partial charge < -0.3 is 10.2 Å². The number of anilines is 2. The molecule has 0 saturated heterocycles. The number of nitrogens with one attached hydrogen (secondary N) is 1. The second-order valence-corrected chi connectivity index (χ2v) is 7.59. The van der Waals surface area contributed by atoms with Gasteiger partial charge in [-0.3, -0.25) is 4.79 Å². The SMILES string of the molecule is CC(C)N(CCC(=O)Nc1ccccc1F)c1nc(Cc2ccc(F)cc2)ns1. The van der Waals surface area contributed by atoms with E-state index in [1.54, 1.807) is 24.3 Å². The van der Waals surface area contributed by atoms with Crippen molar-refractivity contribution in [3.05, 3.63) is 71.6 Å². The van der Waals surface area contributed by atoms with Gasteiger partial charge in [-0.25, -0.2) is 13.8 Å². The number of nitrogens with zero attached hydrogens (tertiary/aromatic N) is 3. The number of amides is 1. The first-order valence-electron chi connectivity index (χ1n) is 9.30. The summed E-state index contributed by atoms with van der Waals surface area (Å²) in [6, 6.07) is 12.4. The van der Waals surface area contributed by atoms with Gasteiger partial charge in [0, 0.05) is 37.0 Å². The number of hydrogen-bond donors (Lipinski definition) is 1. The monoisotopic (exact) mass is 416 g/mol. The summed E-state index contributed by atoms with van der Waals surface area (Å²) in [4.78, 5) is 18.8. The molecule has 0 unspecified atom stereocenters. The fraction of sp³-hybridized carbons (Fsp3) is 0.286. The quantitative estimate of drug-likeness (QED) is 0.581. The normalized spacial score (nSPS) is 10.9. The van der Waals surface area contributed by atoms with Crippen LogP contribution in [-0.2, 0) is 11.2 Å². The van der Waals surface area contributed by atoms with E-state index in [0.29, 0.717) is 18.8 Å². The van der Waals surface area contributed by atoms with Crippen LogP contribution in [0.3, 0.4) is 0 Å². The molecule has 1 aromatic heterocycles. The molecule has 1 heterocycles. The van der Waals surface area contributed by atoms with Crippen molar-refractivity contribution in [2.24, 2.45) is 0 Å². The molecule has 152 valence electrons. The standard InChI is InChI=1S/C21H22F2N4OS/c1-14(2)27(12-11-20(28)24-18-6-4-3-5-17(18)23)21-25-19(26-29-21)13-15-7-9-16(22)10-8-15/h3-10,14H,11-13H2,1-2H3,(H,24,28). The highest BCUT2D eigenvalue weighted by atomic mass is 32.1. The maximum Gasteiger partial charge on any atom is 0.226 e.